The van der Waals surface area contributed by atoms with Crippen LogP contribution in [-0.4, -0.2) is 18.1 Å². The first-order valence-electron chi connectivity index (χ1n) is 4.92. The van der Waals surface area contributed by atoms with E-state index in [1.165, 1.54) is 18.5 Å². The van der Waals surface area contributed by atoms with Crippen LogP contribution in [0.3, 0.4) is 0 Å². The van der Waals surface area contributed by atoms with Crippen LogP contribution < -0.4 is 10.6 Å². The van der Waals surface area contributed by atoms with Gasteiger partial charge in [-0.3, -0.25) is 0 Å². The number of hydrogen-bond acceptors (Lipinski definition) is 2. The van der Waals surface area contributed by atoms with Crippen LogP contribution in [0.5, 0.6) is 0 Å². The summed E-state index contributed by atoms with van der Waals surface area (Å²) < 4.78 is 0. The molecule has 1 saturated heterocycles. The molecule has 0 atom stereocenters. The molecule has 0 aliphatic carbocycles. The van der Waals surface area contributed by atoms with Gasteiger partial charge in [0.05, 0.1) is 0 Å². The van der Waals surface area contributed by atoms with Crippen molar-refractivity contribution in [2.45, 2.75) is 12.8 Å². The molecule has 1 aliphatic heterocycles. The SMILES string of the molecule is NC(=S)c1cccc(N2CCCC2)c1. The minimum absolute atomic E-state index is 0.478. The third-order valence-electron chi connectivity index (χ3n) is 2.60. The van der Waals surface area contributed by atoms with Crippen LogP contribution in [0.2, 0.25) is 0 Å². The molecule has 0 spiro atoms. The molecule has 0 unspecified atom stereocenters. The van der Waals surface area contributed by atoms with Gasteiger partial charge in [0.1, 0.15) is 4.99 Å². The van der Waals surface area contributed by atoms with E-state index in [-0.39, 0.29) is 0 Å². The predicted molar refractivity (Wildman–Crippen MR) is 63.8 cm³/mol. The first-order valence-corrected chi connectivity index (χ1v) is 5.33. The van der Waals surface area contributed by atoms with Crippen molar-refractivity contribution in [3.05, 3.63) is 29.8 Å². The molecule has 2 nitrogen and oxygen atoms in total. The Kier molecular flexibility index (Phi) is 2.68. The number of hydrogen-bond donors (Lipinski definition) is 1. The maximum absolute atomic E-state index is 5.59. The average molecular weight is 206 g/mol. The first-order chi connectivity index (χ1) is 6.77. The normalized spacial score (nSPS) is 15.9. The Balaban J connectivity index is 2.25. The van der Waals surface area contributed by atoms with Crippen molar-refractivity contribution in [3.63, 3.8) is 0 Å². The smallest absolute Gasteiger partial charge is 0.104 e. The maximum atomic E-state index is 5.59. The molecule has 3 heteroatoms. The van der Waals surface area contributed by atoms with E-state index in [0.29, 0.717) is 4.99 Å². The summed E-state index contributed by atoms with van der Waals surface area (Å²) in [5, 5.41) is 0. The Hall–Kier alpha value is -1.09. The summed E-state index contributed by atoms with van der Waals surface area (Å²) in [6.07, 6.45) is 2.58. The van der Waals surface area contributed by atoms with Crippen LogP contribution in [0, 0.1) is 0 Å². The fourth-order valence-electron chi connectivity index (χ4n) is 1.83. The van der Waals surface area contributed by atoms with Gasteiger partial charge >= 0.3 is 0 Å². The third kappa shape index (κ3) is 1.87. The van der Waals surface area contributed by atoms with E-state index >= 15 is 0 Å². The third-order valence-corrected chi connectivity index (χ3v) is 2.84. The highest BCUT2D eigenvalue weighted by atomic mass is 32.1. The first kappa shape index (κ1) is 9.46. The van der Waals surface area contributed by atoms with E-state index in [4.69, 9.17) is 18.0 Å². The van der Waals surface area contributed by atoms with Crippen molar-refractivity contribution >= 4 is 22.9 Å². The molecule has 1 heterocycles. The van der Waals surface area contributed by atoms with Crippen LogP contribution in [0.4, 0.5) is 5.69 Å². The van der Waals surface area contributed by atoms with E-state index in [9.17, 15) is 0 Å². The highest BCUT2D eigenvalue weighted by Crippen LogP contribution is 2.20. The topological polar surface area (TPSA) is 29.3 Å². The van der Waals surface area contributed by atoms with Crippen molar-refractivity contribution in [1.82, 2.24) is 0 Å². The highest BCUT2D eigenvalue weighted by molar-refractivity contribution is 7.80. The second-order valence-corrected chi connectivity index (χ2v) is 4.05. The number of nitrogens with zero attached hydrogens (tertiary/aromatic N) is 1. The molecule has 2 rings (SSSR count). The monoisotopic (exact) mass is 206 g/mol. The van der Waals surface area contributed by atoms with E-state index < -0.39 is 0 Å². The lowest BCUT2D eigenvalue weighted by atomic mass is 10.2. The molecule has 2 N–H and O–H groups in total. The largest absolute Gasteiger partial charge is 0.389 e. The van der Waals surface area contributed by atoms with Gasteiger partial charge in [0.25, 0.3) is 0 Å². The summed E-state index contributed by atoms with van der Waals surface area (Å²) in [5.74, 6) is 0. The summed E-state index contributed by atoms with van der Waals surface area (Å²) in [6, 6.07) is 8.17. The molecule has 0 saturated carbocycles. The Labute approximate surface area is 89.7 Å². The van der Waals surface area contributed by atoms with Gasteiger partial charge in [0, 0.05) is 24.3 Å². The van der Waals surface area contributed by atoms with Crippen molar-refractivity contribution < 1.29 is 0 Å². The Bertz CT molecular complexity index is 343. The van der Waals surface area contributed by atoms with Crippen LogP contribution in [0.1, 0.15) is 18.4 Å². The van der Waals surface area contributed by atoms with Crippen LogP contribution >= 0.6 is 12.2 Å². The molecular formula is C11H14N2S. The number of benzene rings is 1. The van der Waals surface area contributed by atoms with Crippen molar-refractivity contribution in [2.75, 3.05) is 18.0 Å². The van der Waals surface area contributed by atoms with Gasteiger partial charge < -0.3 is 10.6 Å². The second kappa shape index (κ2) is 3.96. The lowest BCUT2D eigenvalue weighted by Crippen LogP contribution is -2.18. The molecule has 1 aromatic carbocycles. The molecular weight excluding hydrogens is 192 g/mol. The molecule has 1 fully saturated rings. The molecule has 0 bridgehead atoms. The Morgan fingerprint density at radius 2 is 2.00 bits per heavy atom. The predicted octanol–water partition coefficient (Wildman–Crippen LogP) is 1.92. The van der Waals surface area contributed by atoms with Gasteiger partial charge in [-0.25, -0.2) is 0 Å². The van der Waals surface area contributed by atoms with Gasteiger partial charge in [-0.05, 0) is 25.0 Å². The van der Waals surface area contributed by atoms with E-state index in [0.717, 1.165) is 18.7 Å². The van der Waals surface area contributed by atoms with Crippen LogP contribution in [0.25, 0.3) is 0 Å². The second-order valence-electron chi connectivity index (χ2n) is 3.61. The van der Waals surface area contributed by atoms with Gasteiger partial charge in [-0.15, -0.1) is 0 Å². The van der Waals surface area contributed by atoms with Crippen LogP contribution in [-0.2, 0) is 0 Å². The summed E-state index contributed by atoms with van der Waals surface area (Å²) in [7, 11) is 0. The minimum atomic E-state index is 0.478. The fraction of sp³-hybridized carbons (Fsp3) is 0.364. The zero-order valence-electron chi connectivity index (χ0n) is 8.07. The molecule has 0 radical (unpaired) electrons. The molecule has 14 heavy (non-hydrogen) atoms. The van der Waals surface area contributed by atoms with E-state index in [1.54, 1.807) is 0 Å². The summed E-state index contributed by atoms with van der Waals surface area (Å²) in [5.41, 5.74) is 7.80. The highest BCUT2D eigenvalue weighted by Gasteiger charge is 2.12. The van der Waals surface area contributed by atoms with Crippen LogP contribution in [0.15, 0.2) is 24.3 Å². The fourth-order valence-corrected chi connectivity index (χ4v) is 1.96. The van der Waals surface area contributed by atoms with Gasteiger partial charge in [0.2, 0.25) is 0 Å². The lowest BCUT2D eigenvalue weighted by molar-refractivity contribution is 0.949. The number of nitrogens with two attached hydrogens (primary N) is 1. The van der Waals surface area contributed by atoms with Crippen molar-refractivity contribution in [1.29, 1.82) is 0 Å². The lowest BCUT2D eigenvalue weighted by Gasteiger charge is -2.18. The summed E-state index contributed by atoms with van der Waals surface area (Å²) in [4.78, 5) is 2.85. The summed E-state index contributed by atoms with van der Waals surface area (Å²) in [6.45, 7) is 2.31. The molecule has 74 valence electrons. The number of anilines is 1. The van der Waals surface area contributed by atoms with Gasteiger partial charge in [-0.2, -0.15) is 0 Å². The Morgan fingerprint density at radius 3 is 2.64 bits per heavy atom. The van der Waals surface area contributed by atoms with E-state index in [1.807, 2.05) is 12.1 Å². The number of rotatable bonds is 2. The number of thiocarbonyl (C=S) groups is 1. The van der Waals surface area contributed by atoms with Crippen molar-refractivity contribution in [3.8, 4) is 0 Å². The quantitative estimate of drug-likeness (QED) is 0.750. The zero-order valence-corrected chi connectivity index (χ0v) is 8.89. The standard InChI is InChI=1S/C11H14N2S/c12-11(14)9-4-3-5-10(8-9)13-6-1-2-7-13/h3-5,8H,1-2,6-7H2,(H2,12,14). The van der Waals surface area contributed by atoms with E-state index in [2.05, 4.69) is 17.0 Å². The van der Waals surface area contributed by atoms with Gasteiger partial charge in [-0.1, -0.05) is 24.4 Å². The molecule has 1 aliphatic rings. The zero-order chi connectivity index (χ0) is 9.97. The minimum Gasteiger partial charge on any atom is -0.389 e. The molecule has 1 aromatic rings. The molecule has 0 aromatic heterocycles. The van der Waals surface area contributed by atoms with Crippen molar-refractivity contribution in [2.24, 2.45) is 5.73 Å². The summed E-state index contributed by atoms with van der Waals surface area (Å²) >= 11 is 4.96. The molecule has 0 amide bonds. The average Bonchev–Trinajstić information content (AvgIpc) is 2.71. The Morgan fingerprint density at radius 1 is 1.29 bits per heavy atom. The maximum Gasteiger partial charge on any atom is 0.104 e. The van der Waals surface area contributed by atoms with Gasteiger partial charge in [0.15, 0.2) is 0 Å².